The van der Waals surface area contributed by atoms with E-state index in [0.717, 1.165) is 13.0 Å². The highest BCUT2D eigenvalue weighted by atomic mass is 15.0. The van der Waals surface area contributed by atoms with Gasteiger partial charge in [-0.05, 0) is 26.9 Å². The Morgan fingerprint density at radius 1 is 1.75 bits per heavy atom. The van der Waals surface area contributed by atoms with Crippen LogP contribution in [0.4, 0.5) is 0 Å². The lowest BCUT2D eigenvalue weighted by Crippen LogP contribution is -2.23. The molecule has 0 bridgehead atoms. The first-order valence-corrected chi connectivity index (χ1v) is 2.84. The molecule has 0 amide bonds. The highest BCUT2D eigenvalue weighted by Crippen LogP contribution is 1.85. The lowest BCUT2D eigenvalue weighted by atomic mass is 10.2. The molecule has 1 unspecified atom stereocenters. The van der Waals surface area contributed by atoms with Crippen molar-refractivity contribution in [1.29, 1.82) is 0 Å². The first-order chi connectivity index (χ1) is 3.63. The zero-order valence-electron chi connectivity index (χ0n) is 5.59. The van der Waals surface area contributed by atoms with Crippen molar-refractivity contribution in [2.75, 3.05) is 13.6 Å². The first-order valence-electron chi connectivity index (χ1n) is 2.84. The number of hydrogen-bond donors (Lipinski definition) is 1. The maximum atomic E-state index is 5.46. The van der Waals surface area contributed by atoms with E-state index < -0.39 is 0 Å². The van der Waals surface area contributed by atoms with Gasteiger partial charge in [0.15, 0.2) is 7.98 Å². The minimum atomic E-state index is 0.265. The average molecular weight is 112 g/mol. The summed E-state index contributed by atoms with van der Waals surface area (Å²) in [5, 5.41) is 0. The van der Waals surface area contributed by atoms with Gasteiger partial charge in [0.05, 0.1) is 0 Å². The summed E-state index contributed by atoms with van der Waals surface area (Å²) >= 11 is 0. The first kappa shape index (κ1) is 7.98. The van der Waals surface area contributed by atoms with E-state index in [1.54, 1.807) is 4.81 Å². The van der Waals surface area contributed by atoms with E-state index in [1.165, 1.54) is 0 Å². The monoisotopic (exact) mass is 112 g/mol. The highest BCUT2D eigenvalue weighted by molar-refractivity contribution is 6.04. The van der Waals surface area contributed by atoms with Gasteiger partial charge in [-0.1, -0.05) is 0 Å². The van der Waals surface area contributed by atoms with E-state index in [2.05, 4.69) is 0 Å². The molecule has 0 aliphatic carbocycles. The van der Waals surface area contributed by atoms with E-state index in [9.17, 15) is 0 Å². The summed E-state index contributed by atoms with van der Waals surface area (Å²) in [6.45, 7) is 2.85. The Labute approximate surface area is 52.5 Å². The fraction of sp³-hybridized carbons (Fsp3) is 1.00. The van der Waals surface area contributed by atoms with Crippen molar-refractivity contribution in [3.8, 4) is 0 Å². The summed E-state index contributed by atoms with van der Waals surface area (Å²) in [4.78, 5) is 1.64. The molecular formula is C5H13BN2. The molecule has 0 aromatic carbocycles. The lowest BCUT2D eigenvalue weighted by molar-refractivity contribution is 0.493. The van der Waals surface area contributed by atoms with Crippen molar-refractivity contribution in [2.24, 2.45) is 5.73 Å². The van der Waals surface area contributed by atoms with E-state index in [1.807, 2.05) is 14.0 Å². The van der Waals surface area contributed by atoms with Gasteiger partial charge >= 0.3 is 0 Å². The molecule has 0 rings (SSSR count). The Balaban J connectivity index is 2.93. The lowest BCUT2D eigenvalue weighted by Gasteiger charge is -2.10. The van der Waals surface area contributed by atoms with E-state index in [-0.39, 0.29) is 6.04 Å². The Morgan fingerprint density at radius 3 is 2.38 bits per heavy atom. The molecule has 0 fully saturated rings. The van der Waals surface area contributed by atoms with Gasteiger partial charge < -0.3 is 10.5 Å². The number of nitrogens with zero attached hydrogens (tertiary/aromatic N) is 1. The Hall–Kier alpha value is -0.0151. The summed E-state index contributed by atoms with van der Waals surface area (Å²) in [6, 6.07) is 0.265. The Bertz CT molecular complexity index is 46.4. The van der Waals surface area contributed by atoms with Gasteiger partial charge in [-0.15, -0.1) is 0 Å². The summed E-state index contributed by atoms with van der Waals surface area (Å²) in [5.41, 5.74) is 5.46. The normalized spacial score (nSPS) is 14.5. The molecule has 46 valence electrons. The van der Waals surface area contributed by atoms with Gasteiger partial charge in [-0.25, -0.2) is 0 Å². The van der Waals surface area contributed by atoms with E-state index in [0.29, 0.717) is 0 Å². The van der Waals surface area contributed by atoms with Crippen LogP contribution < -0.4 is 5.73 Å². The quantitative estimate of drug-likeness (QED) is 0.509. The molecule has 0 saturated carbocycles. The standard InChI is InChI=1S/C5H13BN2/c1-5(7)3-4-8(2)6/h5H,3-4,7H2,1-2H3. The molecule has 3 heteroatoms. The predicted molar refractivity (Wildman–Crippen MR) is 36.7 cm³/mol. The maximum Gasteiger partial charge on any atom is 0.182 e. The van der Waals surface area contributed by atoms with Gasteiger partial charge in [0.1, 0.15) is 0 Å². The molecule has 1 atom stereocenters. The second kappa shape index (κ2) is 3.92. The van der Waals surface area contributed by atoms with Crippen LogP contribution in [-0.2, 0) is 0 Å². The average Bonchev–Trinajstić information content (AvgIpc) is 1.61. The predicted octanol–water partition coefficient (Wildman–Crippen LogP) is -0.261. The van der Waals surface area contributed by atoms with Crippen molar-refractivity contribution in [2.45, 2.75) is 19.4 Å². The smallest absolute Gasteiger partial charge is 0.182 e. The van der Waals surface area contributed by atoms with E-state index in [4.69, 9.17) is 13.7 Å². The van der Waals surface area contributed by atoms with Crippen molar-refractivity contribution >= 4 is 7.98 Å². The highest BCUT2D eigenvalue weighted by Gasteiger charge is 1.93. The van der Waals surface area contributed by atoms with Crippen LogP contribution in [0, 0.1) is 0 Å². The van der Waals surface area contributed by atoms with Gasteiger partial charge in [0.2, 0.25) is 0 Å². The van der Waals surface area contributed by atoms with Crippen LogP contribution in [0.2, 0.25) is 0 Å². The van der Waals surface area contributed by atoms with Gasteiger partial charge in [-0.3, -0.25) is 0 Å². The van der Waals surface area contributed by atoms with Gasteiger partial charge in [0, 0.05) is 6.04 Å². The summed E-state index contributed by atoms with van der Waals surface area (Å²) in [5.74, 6) is 0. The molecule has 0 heterocycles. The van der Waals surface area contributed by atoms with Crippen LogP contribution in [0.5, 0.6) is 0 Å². The number of hydrogen-bond acceptors (Lipinski definition) is 2. The van der Waals surface area contributed by atoms with Crippen molar-refractivity contribution in [3.05, 3.63) is 0 Å². The number of nitrogens with two attached hydrogens (primary N) is 1. The van der Waals surface area contributed by atoms with Crippen molar-refractivity contribution in [3.63, 3.8) is 0 Å². The van der Waals surface area contributed by atoms with Crippen molar-refractivity contribution < 1.29 is 0 Å². The third-order valence-corrected chi connectivity index (χ3v) is 0.937. The summed E-state index contributed by atoms with van der Waals surface area (Å²) < 4.78 is 0. The second-order valence-corrected chi connectivity index (χ2v) is 2.25. The molecule has 0 aromatic rings. The summed E-state index contributed by atoms with van der Waals surface area (Å²) in [7, 11) is 7.15. The molecular weight excluding hydrogens is 98.9 g/mol. The minimum absolute atomic E-state index is 0.265. The Kier molecular flexibility index (Phi) is 3.92. The molecule has 0 aliphatic heterocycles. The molecule has 2 radical (unpaired) electrons. The zero-order chi connectivity index (χ0) is 6.57. The van der Waals surface area contributed by atoms with Crippen LogP contribution in [0.15, 0.2) is 0 Å². The SMILES string of the molecule is [B]N(C)CCC(C)N. The molecule has 0 aromatic heterocycles. The molecule has 8 heavy (non-hydrogen) atoms. The third-order valence-electron chi connectivity index (χ3n) is 0.937. The van der Waals surface area contributed by atoms with Gasteiger partial charge in [-0.2, -0.15) is 0 Å². The maximum absolute atomic E-state index is 5.46. The zero-order valence-corrected chi connectivity index (χ0v) is 5.59. The largest absolute Gasteiger partial charge is 0.356 e. The van der Waals surface area contributed by atoms with Crippen LogP contribution in [0.1, 0.15) is 13.3 Å². The molecule has 0 spiro atoms. The molecule has 0 saturated heterocycles. The summed E-state index contributed by atoms with van der Waals surface area (Å²) in [6.07, 6.45) is 0.965. The van der Waals surface area contributed by atoms with Crippen molar-refractivity contribution in [1.82, 2.24) is 4.81 Å². The van der Waals surface area contributed by atoms with Crippen LogP contribution in [0.3, 0.4) is 0 Å². The van der Waals surface area contributed by atoms with Crippen LogP contribution >= 0.6 is 0 Å². The third kappa shape index (κ3) is 5.98. The molecule has 2 N–H and O–H groups in total. The fourth-order valence-corrected chi connectivity index (χ4v) is 0.407. The fourth-order valence-electron chi connectivity index (χ4n) is 0.407. The molecule has 0 aliphatic rings. The second-order valence-electron chi connectivity index (χ2n) is 2.25. The van der Waals surface area contributed by atoms with Gasteiger partial charge in [0.25, 0.3) is 0 Å². The van der Waals surface area contributed by atoms with E-state index >= 15 is 0 Å². The Morgan fingerprint density at radius 2 is 2.25 bits per heavy atom. The number of rotatable bonds is 3. The minimum Gasteiger partial charge on any atom is -0.356 e. The topological polar surface area (TPSA) is 29.3 Å². The van der Waals surface area contributed by atoms with Crippen LogP contribution in [-0.4, -0.2) is 32.4 Å². The van der Waals surface area contributed by atoms with Crippen LogP contribution in [0.25, 0.3) is 0 Å². The molecule has 2 nitrogen and oxygen atoms in total.